The highest BCUT2D eigenvalue weighted by atomic mass is 32.2. The van der Waals surface area contributed by atoms with Crippen molar-refractivity contribution >= 4 is 18.3 Å². The minimum Gasteiger partial charge on any atom is -0.462 e. The van der Waals surface area contributed by atoms with Gasteiger partial charge in [-0.25, -0.2) is 0 Å². The Labute approximate surface area is 166 Å². The van der Waals surface area contributed by atoms with E-state index in [9.17, 15) is 0 Å². The highest BCUT2D eigenvalue weighted by Crippen LogP contribution is 2.35. The Morgan fingerprint density at radius 3 is 1.67 bits per heavy atom. The smallest absolute Gasteiger partial charge is 0.191 e. The Balaban J connectivity index is 0.000000159. The summed E-state index contributed by atoms with van der Waals surface area (Å²) >= 11 is 1.46. The molecule has 1 atom stereocenters. The molecule has 3 heteroatoms. The standard InChI is InChI=1S/C12H15NOS.C12H10/c1-12(2,3)10-6-4-9(5-7-10)11-14-8-13-15-11;1-3-7-11(8-4-1)12-9-5-2-6-10-12/h4-8,11H,1-3H3;1-10H. The minimum atomic E-state index is 0.0408. The molecule has 0 spiro atoms. The fourth-order valence-electron chi connectivity index (χ4n) is 2.73. The van der Waals surface area contributed by atoms with Gasteiger partial charge in [0, 0.05) is 17.5 Å². The minimum absolute atomic E-state index is 0.0408. The summed E-state index contributed by atoms with van der Waals surface area (Å²) in [4.78, 5) is 0. The first-order valence-electron chi connectivity index (χ1n) is 9.08. The molecule has 0 saturated heterocycles. The molecule has 1 aliphatic rings. The third-order valence-electron chi connectivity index (χ3n) is 4.31. The van der Waals surface area contributed by atoms with E-state index in [2.05, 4.69) is 98.0 Å². The summed E-state index contributed by atoms with van der Waals surface area (Å²) in [5, 5.41) is 0. The quantitative estimate of drug-likeness (QED) is 0.448. The lowest BCUT2D eigenvalue weighted by molar-refractivity contribution is 0.306. The SMILES string of the molecule is CC(C)(C)c1ccc(C2OC=NS2)cc1.c1ccc(-c2ccccc2)cc1. The van der Waals surface area contributed by atoms with Crippen molar-refractivity contribution in [3.05, 3.63) is 96.1 Å². The zero-order valence-electron chi connectivity index (χ0n) is 16.0. The van der Waals surface area contributed by atoms with Gasteiger partial charge < -0.3 is 4.74 Å². The normalized spacial score (nSPS) is 15.6. The molecule has 3 aromatic carbocycles. The Morgan fingerprint density at radius 2 is 1.26 bits per heavy atom. The van der Waals surface area contributed by atoms with E-state index >= 15 is 0 Å². The zero-order valence-corrected chi connectivity index (χ0v) is 16.8. The van der Waals surface area contributed by atoms with Crippen LogP contribution in [0.1, 0.15) is 37.3 Å². The van der Waals surface area contributed by atoms with Crippen molar-refractivity contribution in [3.63, 3.8) is 0 Å². The largest absolute Gasteiger partial charge is 0.462 e. The van der Waals surface area contributed by atoms with E-state index in [0.29, 0.717) is 0 Å². The highest BCUT2D eigenvalue weighted by Gasteiger charge is 2.18. The fraction of sp³-hybridized carbons (Fsp3) is 0.208. The second-order valence-electron chi connectivity index (χ2n) is 7.39. The van der Waals surface area contributed by atoms with Crippen LogP contribution in [0.4, 0.5) is 0 Å². The predicted octanol–water partition coefficient (Wildman–Crippen LogP) is 7.04. The predicted molar refractivity (Wildman–Crippen MR) is 117 cm³/mol. The van der Waals surface area contributed by atoms with Gasteiger partial charge in [-0.1, -0.05) is 106 Å². The molecule has 3 aromatic rings. The van der Waals surface area contributed by atoms with Crippen LogP contribution in [0.3, 0.4) is 0 Å². The molecule has 1 heterocycles. The maximum atomic E-state index is 5.34. The Morgan fingerprint density at radius 1 is 0.741 bits per heavy atom. The van der Waals surface area contributed by atoms with Gasteiger partial charge >= 0.3 is 0 Å². The molecule has 0 aliphatic carbocycles. The molecular formula is C24H25NOS. The molecule has 0 fully saturated rings. The number of rotatable bonds is 2. The van der Waals surface area contributed by atoms with Gasteiger partial charge in [0.2, 0.25) is 0 Å². The van der Waals surface area contributed by atoms with E-state index in [0.717, 1.165) is 0 Å². The maximum absolute atomic E-state index is 5.34. The van der Waals surface area contributed by atoms with Crippen LogP contribution in [0.5, 0.6) is 0 Å². The van der Waals surface area contributed by atoms with Crippen LogP contribution in [0.25, 0.3) is 11.1 Å². The van der Waals surface area contributed by atoms with Gasteiger partial charge in [-0.2, -0.15) is 4.40 Å². The van der Waals surface area contributed by atoms with Gasteiger partial charge in [0.1, 0.15) is 0 Å². The lowest BCUT2D eigenvalue weighted by atomic mass is 9.87. The topological polar surface area (TPSA) is 21.6 Å². The van der Waals surface area contributed by atoms with Crippen LogP contribution in [0.2, 0.25) is 0 Å². The summed E-state index contributed by atoms with van der Waals surface area (Å²) in [5.74, 6) is 0. The van der Waals surface area contributed by atoms with E-state index < -0.39 is 0 Å². The van der Waals surface area contributed by atoms with E-state index in [1.165, 1.54) is 40.6 Å². The van der Waals surface area contributed by atoms with Crippen molar-refractivity contribution < 1.29 is 4.74 Å². The lowest BCUT2D eigenvalue weighted by Gasteiger charge is -2.19. The number of hydrogen-bond donors (Lipinski definition) is 0. The van der Waals surface area contributed by atoms with Crippen molar-refractivity contribution in [1.29, 1.82) is 0 Å². The van der Waals surface area contributed by atoms with Crippen molar-refractivity contribution in [2.75, 3.05) is 0 Å². The first kappa shape index (κ1) is 19.2. The van der Waals surface area contributed by atoms with Gasteiger partial charge in [0.05, 0.1) is 0 Å². The number of nitrogens with zero attached hydrogens (tertiary/aromatic N) is 1. The van der Waals surface area contributed by atoms with E-state index in [1.54, 1.807) is 0 Å². The zero-order chi connectivity index (χ0) is 19.1. The molecule has 1 aliphatic heterocycles. The summed E-state index contributed by atoms with van der Waals surface area (Å²) < 4.78 is 9.32. The van der Waals surface area contributed by atoms with Crippen LogP contribution >= 0.6 is 11.9 Å². The summed E-state index contributed by atoms with van der Waals surface area (Å²) in [6.45, 7) is 6.64. The number of benzene rings is 3. The molecular weight excluding hydrogens is 350 g/mol. The molecule has 0 amide bonds. The summed E-state index contributed by atoms with van der Waals surface area (Å²) in [6.07, 6.45) is 1.51. The van der Waals surface area contributed by atoms with Crippen molar-refractivity contribution in [2.24, 2.45) is 4.40 Å². The molecule has 27 heavy (non-hydrogen) atoms. The molecule has 0 saturated carbocycles. The summed E-state index contributed by atoms with van der Waals surface area (Å²) in [7, 11) is 0. The van der Waals surface area contributed by atoms with Gasteiger partial charge in [0.15, 0.2) is 11.8 Å². The Bertz CT molecular complexity index is 807. The first-order valence-corrected chi connectivity index (χ1v) is 9.92. The van der Waals surface area contributed by atoms with E-state index in [4.69, 9.17) is 4.74 Å². The average Bonchev–Trinajstić information content (AvgIpc) is 3.24. The van der Waals surface area contributed by atoms with Gasteiger partial charge in [0.25, 0.3) is 0 Å². The number of hydrogen-bond acceptors (Lipinski definition) is 3. The highest BCUT2D eigenvalue weighted by molar-refractivity contribution is 7.98. The summed E-state index contributed by atoms with van der Waals surface area (Å²) in [6, 6.07) is 29.3. The fourth-order valence-corrected chi connectivity index (χ4v) is 3.31. The number of ether oxygens (including phenoxy) is 1. The third-order valence-corrected chi connectivity index (χ3v) is 5.10. The molecule has 0 aromatic heterocycles. The Kier molecular flexibility index (Phi) is 6.36. The van der Waals surface area contributed by atoms with Crippen molar-refractivity contribution in [2.45, 2.75) is 31.6 Å². The molecule has 0 bridgehead atoms. The maximum Gasteiger partial charge on any atom is 0.191 e. The van der Waals surface area contributed by atoms with Gasteiger partial charge in [-0.05, 0) is 22.1 Å². The summed E-state index contributed by atoms with van der Waals surface area (Å²) in [5.41, 5.74) is 5.31. The third kappa shape index (κ3) is 5.48. The van der Waals surface area contributed by atoms with Gasteiger partial charge in [-0.3, -0.25) is 0 Å². The van der Waals surface area contributed by atoms with E-state index in [-0.39, 0.29) is 10.9 Å². The van der Waals surface area contributed by atoms with Gasteiger partial charge in [-0.15, -0.1) is 0 Å². The molecule has 0 N–H and O–H groups in total. The molecule has 1 unspecified atom stereocenters. The Hall–Kier alpha value is -2.52. The first-order chi connectivity index (χ1) is 13.0. The molecule has 4 rings (SSSR count). The second-order valence-corrected chi connectivity index (χ2v) is 8.24. The lowest BCUT2D eigenvalue weighted by Crippen LogP contribution is -2.10. The molecule has 138 valence electrons. The van der Waals surface area contributed by atoms with Crippen LogP contribution in [-0.2, 0) is 10.2 Å². The molecule has 0 radical (unpaired) electrons. The monoisotopic (exact) mass is 375 g/mol. The average molecular weight is 376 g/mol. The van der Waals surface area contributed by atoms with Crippen LogP contribution < -0.4 is 0 Å². The van der Waals surface area contributed by atoms with Crippen LogP contribution in [-0.4, -0.2) is 6.40 Å². The van der Waals surface area contributed by atoms with Crippen LogP contribution in [0, 0.1) is 0 Å². The molecule has 2 nitrogen and oxygen atoms in total. The van der Waals surface area contributed by atoms with Crippen molar-refractivity contribution in [1.82, 2.24) is 0 Å². The van der Waals surface area contributed by atoms with E-state index in [1.807, 2.05) is 12.1 Å². The van der Waals surface area contributed by atoms with Crippen molar-refractivity contribution in [3.8, 4) is 11.1 Å². The van der Waals surface area contributed by atoms with Crippen LogP contribution in [0.15, 0.2) is 89.3 Å². The second kappa shape index (κ2) is 8.92.